The SMILES string of the molecule is COc1ccc(/C=N\N2C(=O)/C(=C\c3ccc(OC)c(C)c3)SC2=S)cc1C. The molecule has 1 aliphatic rings. The Kier molecular flexibility index (Phi) is 6.16. The molecule has 2 aromatic rings. The highest BCUT2D eigenvalue weighted by atomic mass is 32.2. The molecule has 0 N–H and O–H groups in total. The molecule has 0 unspecified atom stereocenters. The van der Waals surface area contributed by atoms with E-state index in [9.17, 15) is 4.79 Å². The molecule has 1 saturated heterocycles. The maximum absolute atomic E-state index is 12.7. The molecule has 28 heavy (non-hydrogen) atoms. The number of carbonyl (C=O) groups excluding carboxylic acids is 1. The normalized spacial score (nSPS) is 15.7. The van der Waals surface area contributed by atoms with E-state index in [1.165, 1.54) is 16.8 Å². The van der Waals surface area contributed by atoms with Crippen LogP contribution in [0.15, 0.2) is 46.4 Å². The van der Waals surface area contributed by atoms with Gasteiger partial charge in [-0.3, -0.25) is 4.79 Å². The van der Waals surface area contributed by atoms with Crippen molar-refractivity contribution in [2.24, 2.45) is 5.10 Å². The van der Waals surface area contributed by atoms with E-state index < -0.39 is 0 Å². The second kappa shape index (κ2) is 8.58. The number of thioether (sulfide) groups is 1. The Morgan fingerprint density at radius 2 is 1.57 bits per heavy atom. The molecule has 1 heterocycles. The van der Waals surface area contributed by atoms with Gasteiger partial charge in [-0.05, 0) is 84.7 Å². The molecular weight excluding hydrogens is 392 g/mol. The van der Waals surface area contributed by atoms with Crippen molar-refractivity contribution in [1.29, 1.82) is 0 Å². The van der Waals surface area contributed by atoms with E-state index >= 15 is 0 Å². The number of ether oxygens (including phenoxy) is 2. The maximum atomic E-state index is 12.7. The number of nitrogens with zero attached hydrogens (tertiary/aromatic N) is 2. The van der Waals surface area contributed by atoms with Crippen LogP contribution in [0.1, 0.15) is 22.3 Å². The fraction of sp³-hybridized carbons (Fsp3) is 0.190. The topological polar surface area (TPSA) is 51.1 Å². The van der Waals surface area contributed by atoms with Gasteiger partial charge in [0, 0.05) is 0 Å². The van der Waals surface area contributed by atoms with Crippen molar-refractivity contribution in [3.8, 4) is 11.5 Å². The second-order valence-corrected chi connectivity index (χ2v) is 7.87. The smallest absolute Gasteiger partial charge is 0.286 e. The van der Waals surface area contributed by atoms with Crippen molar-refractivity contribution in [3.05, 3.63) is 63.6 Å². The van der Waals surface area contributed by atoms with Gasteiger partial charge >= 0.3 is 0 Å². The van der Waals surface area contributed by atoms with E-state index in [2.05, 4.69) is 5.10 Å². The molecule has 3 rings (SSSR count). The standard InChI is InChI=1S/C21H20N2O3S2/c1-13-9-15(5-7-17(13)25-3)11-19-20(24)23(21(27)28-19)22-12-16-6-8-18(26-4)14(2)10-16/h5-12H,1-4H3/b19-11+,22-12-. The summed E-state index contributed by atoms with van der Waals surface area (Å²) in [4.78, 5) is 13.2. The van der Waals surface area contributed by atoms with E-state index in [0.29, 0.717) is 9.23 Å². The number of hydrogen-bond acceptors (Lipinski definition) is 6. The Hall–Kier alpha value is -2.64. The molecule has 1 amide bonds. The van der Waals surface area contributed by atoms with Crippen LogP contribution in [0, 0.1) is 13.8 Å². The molecule has 2 aromatic carbocycles. The van der Waals surface area contributed by atoms with E-state index in [4.69, 9.17) is 21.7 Å². The minimum atomic E-state index is -0.232. The van der Waals surface area contributed by atoms with Crippen LogP contribution in [0.25, 0.3) is 6.08 Å². The summed E-state index contributed by atoms with van der Waals surface area (Å²) in [7, 11) is 3.27. The zero-order chi connectivity index (χ0) is 20.3. The lowest BCUT2D eigenvalue weighted by molar-refractivity contribution is -0.122. The molecule has 1 aliphatic heterocycles. The summed E-state index contributed by atoms with van der Waals surface area (Å²) in [6, 6.07) is 11.4. The molecule has 0 aliphatic carbocycles. The summed E-state index contributed by atoms with van der Waals surface area (Å²) >= 11 is 6.57. The molecule has 1 fully saturated rings. The highest BCUT2D eigenvalue weighted by molar-refractivity contribution is 8.26. The third kappa shape index (κ3) is 4.26. The predicted molar refractivity (Wildman–Crippen MR) is 118 cm³/mol. The number of carbonyl (C=O) groups is 1. The number of thiocarbonyl (C=S) groups is 1. The van der Waals surface area contributed by atoms with Gasteiger partial charge in [0.1, 0.15) is 11.5 Å². The summed E-state index contributed by atoms with van der Waals surface area (Å²) in [6.07, 6.45) is 3.44. The van der Waals surface area contributed by atoms with E-state index in [-0.39, 0.29) is 5.91 Å². The first-order chi connectivity index (χ1) is 13.4. The van der Waals surface area contributed by atoms with Crippen LogP contribution in [0.4, 0.5) is 0 Å². The van der Waals surface area contributed by atoms with Crippen molar-refractivity contribution in [2.45, 2.75) is 13.8 Å². The van der Waals surface area contributed by atoms with Crippen molar-refractivity contribution < 1.29 is 14.3 Å². The first kappa shape index (κ1) is 20.1. The van der Waals surface area contributed by atoms with Gasteiger partial charge in [-0.25, -0.2) is 0 Å². The van der Waals surface area contributed by atoms with Gasteiger partial charge in [0.05, 0.1) is 25.3 Å². The third-order valence-corrected chi connectivity index (χ3v) is 5.51. The summed E-state index contributed by atoms with van der Waals surface area (Å²) in [5.41, 5.74) is 3.77. The summed E-state index contributed by atoms with van der Waals surface area (Å²) in [5, 5.41) is 5.54. The summed E-state index contributed by atoms with van der Waals surface area (Å²) < 4.78 is 10.9. The number of benzene rings is 2. The number of aryl methyl sites for hydroxylation is 2. The van der Waals surface area contributed by atoms with Crippen LogP contribution in [0.3, 0.4) is 0 Å². The van der Waals surface area contributed by atoms with E-state index in [1.54, 1.807) is 20.4 Å². The predicted octanol–water partition coefficient (Wildman–Crippen LogP) is 4.56. The number of hydrogen-bond donors (Lipinski definition) is 0. The number of rotatable bonds is 5. The zero-order valence-corrected chi connectivity index (χ0v) is 17.7. The van der Waals surface area contributed by atoms with Crippen LogP contribution in [0.2, 0.25) is 0 Å². The second-order valence-electron chi connectivity index (χ2n) is 6.20. The Balaban J connectivity index is 1.79. The zero-order valence-electron chi connectivity index (χ0n) is 16.1. The minimum Gasteiger partial charge on any atom is -0.496 e. The van der Waals surface area contributed by atoms with Gasteiger partial charge in [0.15, 0.2) is 4.32 Å². The average Bonchev–Trinajstić information content (AvgIpc) is 2.93. The number of hydrazone groups is 1. The molecule has 144 valence electrons. The molecule has 0 bridgehead atoms. The van der Waals surface area contributed by atoms with E-state index in [0.717, 1.165) is 33.8 Å². The molecule has 0 atom stereocenters. The molecule has 5 nitrogen and oxygen atoms in total. The Labute approximate surface area is 174 Å². The minimum absolute atomic E-state index is 0.232. The van der Waals surface area contributed by atoms with Crippen molar-refractivity contribution in [3.63, 3.8) is 0 Å². The largest absolute Gasteiger partial charge is 0.496 e. The van der Waals surface area contributed by atoms with Gasteiger partial charge < -0.3 is 9.47 Å². The highest BCUT2D eigenvalue weighted by Crippen LogP contribution is 2.33. The lowest BCUT2D eigenvalue weighted by Crippen LogP contribution is -2.22. The van der Waals surface area contributed by atoms with Crippen LogP contribution < -0.4 is 9.47 Å². The van der Waals surface area contributed by atoms with E-state index in [1.807, 2.05) is 56.3 Å². The molecule has 0 spiro atoms. The van der Waals surface area contributed by atoms with Crippen molar-refractivity contribution in [1.82, 2.24) is 5.01 Å². The van der Waals surface area contributed by atoms with Crippen LogP contribution in [-0.4, -0.2) is 35.7 Å². The van der Waals surface area contributed by atoms with Gasteiger partial charge in [-0.1, -0.05) is 17.8 Å². The van der Waals surface area contributed by atoms with Gasteiger partial charge in [-0.2, -0.15) is 10.1 Å². The first-order valence-electron chi connectivity index (χ1n) is 8.54. The maximum Gasteiger partial charge on any atom is 0.286 e. The summed E-state index contributed by atoms with van der Waals surface area (Å²) in [6.45, 7) is 3.91. The Bertz CT molecular complexity index is 999. The van der Waals surface area contributed by atoms with Crippen molar-refractivity contribution >= 4 is 46.5 Å². The molecule has 0 saturated carbocycles. The fourth-order valence-corrected chi connectivity index (χ4v) is 3.98. The van der Waals surface area contributed by atoms with Gasteiger partial charge in [0.2, 0.25) is 0 Å². The monoisotopic (exact) mass is 412 g/mol. The summed E-state index contributed by atoms with van der Waals surface area (Å²) in [5.74, 6) is 1.38. The highest BCUT2D eigenvalue weighted by Gasteiger charge is 2.32. The van der Waals surface area contributed by atoms with Gasteiger partial charge in [0.25, 0.3) is 5.91 Å². The van der Waals surface area contributed by atoms with Crippen LogP contribution in [-0.2, 0) is 4.79 Å². The van der Waals surface area contributed by atoms with Crippen LogP contribution in [0.5, 0.6) is 11.5 Å². The Morgan fingerprint density at radius 1 is 1.00 bits per heavy atom. The molecule has 0 aromatic heterocycles. The number of methoxy groups -OCH3 is 2. The molecule has 0 radical (unpaired) electrons. The van der Waals surface area contributed by atoms with Crippen molar-refractivity contribution in [2.75, 3.05) is 14.2 Å². The quantitative estimate of drug-likeness (QED) is 0.409. The average molecular weight is 413 g/mol. The number of amides is 1. The first-order valence-corrected chi connectivity index (χ1v) is 9.76. The molecule has 7 heteroatoms. The lowest BCUT2D eigenvalue weighted by atomic mass is 10.1. The third-order valence-electron chi connectivity index (χ3n) is 4.23. The Morgan fingerprint density at radius 3 is 2.14 bits per heavy atom. The fourth-order valence-electron chi connectivity index (χ4n) is 2.81. The molecular formula is C21H20N2O3S2. The van der Waals surface area contributed by atoms with Gasteiger partial charge in [-0.15, -0.1) is 0 Å². The van der Waals surface area contributed by atoms with Crippen LogP contribution >= 0.6 is 24.0 Å². The lowest BCUT2D eigenvalue weighted by Gasteiger charge is -2.07.